The third kappa shape index (κ3) is 4.37. The predicted molar refractivity (Wildman–Crippen MR) is 61.1 cm³/mol. The van der Waals surface area contributed by atoms with Crippen LogP contribution in [0.1, 0.15) is 17.7 Å². The van der Waals surface area contributed by atoms with Gasteiger partial charge in [-0.15, -0.1) is 0 Å². The molecule has 1 rings (SSSR count). The average Bonchev–Trinajstić information content (AvgIpc) is 2.65. The van der Waals surface area contributed by atoms with E-state index in [-0.39, 0.29) is 10.9 Å². The molecule has 0 bridgehead atoms. The summed E-state index contributed by atoms with van der Waals surface area (Å²) < 4.78 is 0. The summed E-state index contributed by atoms with van der Waals surface area (Å²) in [5.41, 5.74) is 4.98. The number of nitrogens with two attached hydrogens (primary N) is 1. The number of hydrogen-bond donors (Lipinski definition) is 2. The normalized spacial score (nSPS) is 10.2. The Hall–Kier alpha value is -1.47. The molecule has 1 amide bonds. The van der Waals surface area contributed by atoms with Gasteiger partial charge in [0.05, 0.1) is 4.92 Å². The van der Waals surface area contributed by atoms with E-state index >= 15 is 0 Å². The van der Waals surface area contributed by atoms with Gasteiger partial charge in [0.2, 0.25) is 5.91 Å². The first-order valence-electron chi connectivity index (χ1n) is 4.81. The monoisotopic (exact) mass is 243 g/mol. The number of carbonyl (C=O) groups excluding carboxylic acids is 1. The Morgan fingerprint density at radius 2 is 2.31 bits per heavy atom. The molecule has 0 aliphatic rings. The van der Waals surface area contributed by atoms with Crippen molar-refractivity contribution in [2.45, 2.75) is 19.4 Å². The minimum Gasteiger partial charge on any atom is -0.370 e. The van der Waals surface area contributed by atoms with Crippen LogP contribution in [0.5, 0.6) is 0 Å². The van der Waals surface area contributed by atoms with Crippen molar-refractivity contribution in [3.05, 3.63) is 27.1 Å². The molecule has 0 aliphatic heterocycles. The quantitative estimate of drug-likeness (QED) is 0.424. The highest BCUT2D eigenvalue weighted by atomic mass is 32.1. The molecule has 88 valence electrons. The van der Waals surface area contributed by atoms with Crippen molar-refractivity contribution >= 4 is 22.2 Å². The number of hydrogen-bond acceptors (Lipinski definition) is 5. The summed E-state index contributed by atoms with van der Waals surface area (Å²) in [5, 5.41) is 13.6. The molecule has 7 heteroatoms. The zero-order valence-corrected chi connectivity index (χ0v) is 9.46. The van der Waals surface area contributed by atoms with Gasteiger partial charge in [-0.1, -0.05) is 11.3 Å². The third-order valence-electron chi connectivity index (χ3n) is 1.90. The maximum Gasteiger partial charge on any atom is 0.324 e. The van der Waals surface area contributed by atoms with E-state index in [1.54, 1.807) is 6.07 Å². The van der Waals surface area contributed by atoms with Crippen LogP contribution >= 0.6 is 11.3 Å². The van der Waals surface area contributed by atoms with E-state index in [2.05, 4.69) is 5.32 Å². The number of primary amides is 1. The Balaban J connectivity index is 2.21. The van der Waals surface area contributed by atoms with E-state index in [0.29, 0.717) is 25.9 Å². The summed E-state index contributed by atoms with van der Waals surface area (Å²) in [4.78, 5) is 21.3. The van der Waals surface area contributed by atoms with Crippen LogP contribution in [0.3, 0.4) is 0 Å². The van der Waals surface area contributed by atoms with Gasteiger partial charge < -0.3 is 11.1 Å². The highest BCUT2D eigenvalue weighted by Crippen LogP contribution is 2.23. The van der Waals surface area contributed by atoms with E-state index < -0.39 is 4.92 Å². The SMILES string of the molecule is NC(=O)CCCNCc1ccc([N+](=O)[O-])s1. The molecule has 0 aromatic carbocycles. The van der Waals surface area contributed by atoms with E-state index in [0.717, 1.165) is 16.2 Å². The van der Waals surface area contributed by atoms with Gasteiger partial charge in [0, 0.05) is 23.9 Å². The van der Waals surface area contributed by atoms with Crippen LogP contribution in [0, 0.1) is 10.1 Å². The van der Waals surface area contributed by atoms with Crippen LogP contribution in [0.2, 0.25) is 0 Å². The topological polar surface area (TPSA) is 98.3 Å². The van der Waals surface area contributed by atoms with E-state index in [1.807, 2.05) is 0 Å². The Kier molecular flexibility index (Phi) is 4.87. The minimum absolute atomic E-state index is 0.147. The fraction of sp³-hybridized carbons (Fsp3) is 0.444. The van der Waals surface area contributed by atoms with E-state index in [1.165, 1.54) is 6.07 Å². The number of nitrogens with one attached hydrogen (secondary N) is 1. The minimum atomic E-state index is -0.402. The first kappa shape index (κ1) is 12.6. The molecule has 0 spiro atoms. The van der Waals surface area contributed by atoms with Gasteiger partial charge in [0.25, 0.3) is 0 Å². The van der Waals surface area contributed by atoms with Crippen molar-refractivity contribution < 1.29 is 9.72 Å². The number of carbonyl (C=O) groups is 1. The van der Waals surface area contributed by atoms with Crippen molar-refractivity contribution in [1.29, 1.82) is 0 Å². The summed E-state index contributed by atoms with van der Waals surface area (Å²) in [7, 11) is 0. The van der Waals surface area contributed by atoms with Gasteiger partial charge in [-0.05, 0) is 19.0 Å². The van der Waals surface area contributed by atoms with Crippen LogP contribution < -0.4 is 11.1 Å². The zero-order chi connectivity index (χ0) is 12.0. The first-order chi connectivity index (χ1) is 7.59. The second kappa shape index (κ2) is 6.19. The number of amides is 1. The Morgan fingerprint density at radius 3 is 2.88 bits per heavy atom. The summed E-state index contributed by atoms with van der Waals surface area (Å²) >= 11 is 1.15. The molecule has 0 aliphatic carbocycles. The molecule has 1 heterocycles. The molecule has 1 aromatic heterocycles. The molecular weight excluding hydrogens is 230 g/mol. The number of nitro groups is 1. The molecule has 0 saturated heterocycles. The average molecular weight is 243 g/mol. The highest BCUT2D eigenvalue weighted by molar-refractivity contribution is 7.15. The molecule has 1 aromatic rings. The lowest BCUT2D eigenvalue weighted by Gasteiger charge is -2.00. The van der Waals surface area contributed by atoms with E-state index in [4.69, 9.17) is 5.73 Å². The van der Waals surface area contributed by atoms with Crippen molar-refractivity contribution in [3.8, 4) is 0 Å². The number of rotatable bonds is 7. The predicted octanol–water partition coefficient (Wildman–Crippen LogP) is 1.01. The van der Waals surface area contributed by atoms with Gasteiger partial charge in [-0.3, -0.25) is 14.9 Å². The lowest BCUT2D eigenvalue weighted by Crippen LogP contribution is -2.17. The summed E-state index contributed by atoms with van der Waals surface area (Å²) in [6.07, 6.45) is 1.04. The first-order valence-corrected chi connectivity index (χ1v) is 5.63. The van der Waals surface area contributed by atoms with Crippen LogP contribution in [0.25, 0.3) is 0 Å². The third-order valence-corrected chi connectivity index (χ3v) is 2.94. The molecule has 0 atom stereocenters. The maximum absolute atomic E-state index is 10.4. The Labute approximate surface area is 96.6 Å². The second-order valence-corrected chi connectivity index (χ2v) is 4.39. The van der Waals surface area contributed by atoms with E-state index in [9.17, 15) is 14.9 Å². The standard InChI is InChI=1S/C9H13N3O3S/c10-8(13)2-1-5-11-6-7-3-4-9(16-7)12(14)15/h3-4,11H,1-2,5-6H2,(H2,10,13). The number of nitrogens with zero attached hydrogens (tertiary/aromatic N) is 1. The molecule has 0 saturated carbocycles. The molecular formula is C9H13N3O3S. The fourth-order valence-corrected chi connectivity index (χ4v) is 1.95. The fourth-order valence-electron chi connectivity index (χ4n) is 1.16. The lowest BCUT2D eigenvalue weighted by atomic mass is 10.3. The molecule has 0 fully saturated rings. The van der Waals surface area contributed by atoms with Crippen LogP contribution in [-0.4, -0.2) is 17.4 Å². The largest absolute Gasteiger partial charge is 0.370 e. The smallest absolute Gasteiger partial charge is 0.324 e. The molecule has 0 unspecified atom stereocenters. The molecule has 16 heavy (non-hydrogen) atoms. The van der Waals surface area contributed by atoms with Crippen LogP contribution in [-0.2, 0) is 11.3 Å². The lowest BCUT2D eigenvalue weighted by molar-refractivity contribution is -0.380. The van der Waals surface area contributed by atoms with Gasteiger partial charge in [0.1, 0.15) is 0 Å². The maximum atomic E-state index is 10.4. The van der Waals surface area contributed by atoms with Gasteiger partial charge >= 0.3 is 5.00 Å². The van der Waals surface area contributed by atoms with Crippen molar-refractivity contribution in [3.63, 3.8) is 0 Å². The molecule has 3 N–H and O–H groups in total. The number of thiophene rings is 1. The van der Waals surface area contributed by atoms with Gasteiger partial charge in [0.15, 0.2) is 0 Å². The molecule has 6 nitrogen and oxygen atoms in total. The summed E-state index contributed by atoms with van der Waals surface area (Å²) in [6, 6.07) is 3.22. The summed E-state index contributed by atoms with van der Waals surface area (Å²) in [6.45, 7) is 1.26. The van der Waals surface area contributed by atoms with Gasteiger partial charge in [-0.25, -0.2) is 0 Å². The van der Waals surface area contributed by atoms with Gasteiger partial charge in [-0.2, -0.15) is 0 Å². The zero-order valence-electron chi connectivity index (χ0n) is 8.64. The Morgan fingerprint density at radius 1 is 1.56 bits per heavy atom. The van der Waals surface area contributed by atoms with Crippen LogP contribution in [0.4, 0.5) is 5.00 Å². The Bertz CT molecular complexity index is 378. The van der Waals surface area contributed by atoms with Crippen molar-refractivity contribution in [2.75, 3.05) is 6.54 Å². The highest BCUT2D eigenvalue weighted by Gasteiger charge is 2.08. The summed E-state index contributed by atoms with van der Waals surface area (Å²) in [5.74, 6) is -0.312. The molecule has 0 radical (unpaired) electrons. The van der Waals surface area contributed by atoms with Crippen molar-refractivity contribution in [2.24, 2.45) is 5.73 Å². The van der Waals surface area contributed by atoms with Crippen LogP contribution in [0.15, 0.2) is 12.1 Å². The second-order valence-electron chi connectivity index (χ2n) is 3.24. The van der Waals surface area contributed by atoms with Crippen molar-refractivity contribution in [1.82, 2.24) is 5.32 Å².